The number of benzene rings is 1. The normalized spacial score (nSPS) is 11.7. The van der Waals surface area contributed by atoms with Crippen LogP contribution in [0.4, 0.5) is 0 Å². The predicted molar refractivity (Wildman–Crippen MR) is 96.1 cm³/mol. The molecule has 1 aromatic carbocycles. The second-order valence-corrected chi connectivity index (χ2v) is 6.67. The van der Waals surface area contributed by atoms with Gasteiger partial charge in [0.25, 0.3) is 5.56 Å². The second-order valence-electron chi connectivity index (χ2n) is 5.63. The Balaban J connectivity index is 2.32. The molecule has 0 bridgehead atoms. The Kier molecular flexibility index (Phi) is 4.41. The Morgan fingerprint density at radius 3 is 2.48 bits per heavy atom. The zero-order chi connectivity index (χ0) is 18.1. The summed E-state index contributed by atoms with van der Waals surface area (Å²) in [6, 6.07) is 10.1. The van der Waals surface area contributed by atoms with E-state index < -0.39 is 5.97 Å². The van der Waals surface area contributed by atoms with Crippen molar-refractivity contribution in [1.82, 2.24) is 9.30 Å². The van der Waals surface area contributed by atoms with Crippen LogP contribution < -0.4 is 10.1 Å². The van der Waals surface area contributed by atoms with Crippen LogP contribution >= 0.6 is 11.3 Å². The van der Waals surface area contributed by atoms with Gasteiger partial charge in [0, 0.05) is 25.9 Å². The largest absolute Gasteiger partial charge is 0.465 e. The van der Waals surface area contributed by atoms with Gasteiger partial charge in [0.15, 0.2) is 0 Å². The number of carbonyl (C=O) groups excluding carboxylic acids is 2. The molecule has 3 rings (SSSR count). The zero-order valence-corrected chi connectivity index (χ0v) is 14.8. The molecule has 0 radical (unpaired) electrons. The van der Waals surface area contributed by atoms with Crippen LogP contribution in [0.1, 0.15) is 26.4 Å². The van der Waals surface area contributed by atoms with E-state index in [1.807, 2.05) is 0 Å². The summed E-state index contributed by atoms with van der Waals surface area (Å²) in [5.74, 6) is -0.903. The highest BCUT2D eigenvalue weighted by Gasteiger charge is 2.24. The fraction of sp³-hybridized carbons (Fsp3) is 0.167. The molecule has 0 amide bonds. The summed E-state index contributed by atoms with van der Waals surface area (Å²) in [7, 11) is 4.86. The van der Waals surface area contributed by atoms with Crippen molar-refractivity contribution in [3.8, 4) is 0 Å². The second kappa shape index (κ2) is 6.52. The number of ether oxygens (including phenoxy) is 1. The van der Waals surface area contributed by atoms with Crippen LogP contribution in [0.2, 0.25) is 0 Å². The lowest BCUT2D eigenvalue weighted by Crippen LogP contribution is -2.27. The van der Waals surface area contributed by atoms with E-state index in [4.69, 9.17) is 4.74 Å². The fourth-order valence-corrected chi connectivity index (χ4v) is 3.71. The van der Waals surface area contributed by atoms with Crippen molar-refractivity contribution < 1.29 is 14.3 Å². The van der Waals surface area contributed by atoms with Gasteiger partial charge in [-0.05, 0) is 6.07 Å². The number of aromatic nitrogens is 1. The lowest BCUT2D eigenvalue weighted by molar-refractivity contribution is 0.0603. The molecule has 0 atom stereocenters. The minimum absolute atomic E-state index is 0.154. The number of rotatable bonds is 4. The maximum absolute atomic E-state index is 12.8. The molecule has 0 saturated carbocycles. The van der Waals surface area contributed by atoms with Crippen molar-refractivity contribution in [1.29, 1.82) is 0 Å². The van der Waals surface area contributed by atoms with Crippen LogP contribution in [-0.4, -0.2) is 42.3 Å². The Bertz CT molecular complexity index is 1060. The highest BCUT2D eigenvalue weighted by atomic mass is 32.1. The Morgan fingerprint density at radius 1 is 1.20 bits per heavy atom. The van der Waals surface area contributed by atoms with Gasteiger partial charge in [-0.1, -0.05) is 30.3 Å². The van der Waals surface area contributed by atoms with Crippen molar-refractivity contribution in [2.75, 3.05) is 21.2 Å². The molecule has 0 unspecified atom stereocenters. The van der Waals surface area contributed by atoms with Crippen molar-refractivity contribution in [2.45, 2.75) is 0 Å². The van der Waals surface area contributed by atoms with Gasteiger partial charge in [-0.15, -0.1) is 11.3 Å². The zero-order valence-electron chi connectivity index (χ0n) is 14.0. The molecule has 0 saturated heterocycles. The number of nitrogens with zero attached hydrogens (tertiary/aromatic N) is 2. The SMILES string of the molecule is COC(=O)c1cc(C(=O)c2ccccc2)n2c(=O)c(=CN(C)C)sc12. The average molecular weight is 356 g/mol. The molecule has 2 heterocycles. The number of methoxy groups -OCH3 is 1. The van der Waals surface area contributed by atoms with Gasteiger partial charge in [-0.2, -0.15) is 0 Å². The highest BCUT2D eigenvalue weighted by Crippen LogP contribution is 2.21. The quantitative estimate of drug-likeness (QED) is 0.522. The summed E-state index contributed by atoms with van der Waals surface area (Å²) in [5, 5.41) is 0. The summed E-state index contributed by atoms with van der Waals surface area (Å²) < 4.78 is 6.52. The molecule has 0 aliphatic carbocycles. The maximum atomic E-state index is 12.8. The number of esters is 1. The monoisotopic (exact) mass is 356 g/mol. The van der Waals surface area contributed by atoms with E-state index in [2.05, 4.69) is 0 Å². The van der Waals surface area contributed by atoms with Crippen LogP contribution in [0, 0.1) is 0 Å². The molecule has 0 N–H and O–H groups in total. The molecule has 6 nitrogen and oxygen atoms in total. The molecular weight excluding hydrogens is 340 g/mol. The first kappa shape index (κ1) is 16.9. The smallest absolute Gasteiger partial charge is 0.340 e. The van der Waals surface area contributed by atoms with E-state index in [1.165, 1.54) is 17.6 Å². The van der Waals surface area contributed by atoms with E-state index in [1.54, 1.807) is 55.5 Å². The maximum Gasteiger partial charge on any atom is 0.340 e. The first-order valence-corrected chi connectivity index (χ1v) is 8.30. The van der Waals surface area contributed by atoms with E-state index >= 15 is 0 Å². The van der Waals surface area contributed by atoms with Crippen LogP contribution in [-0.2, 0) is 4.74 Å². The lowest BCUT2D eigenvalue weighted by atomic mass is 10.1. The summed E-state index contributed by atoms with van der Waals surface area (Å²) in [4.78, 5) is 39.8. The van der Waals surface area contributed by atoms with Gasteiger partial charge in [0.2, 0.25) is 5.78 Å². The topological polar surface area (TPSA) is 68.1 Å². The summed E-state index contributed by atoms with van der Waals surface area (Å²) >= 11 is 1.16. The standard InChI is InChI=1S/C18H16N2O4S/c1-19(2)10-14-16(22)20-13(15(21)11-7-5-4-6-8-11)9-12(17(20)25-14)18(23)24-3/h4-10H,1-3H3. The van der Waals surface area contributed by atoms with Gasteiger partial charge >= 0.3 is 5.97 Å². The van der Waals surface area contributed by atoms with Crippen LogP contribution in [0.5, 0.6) is 0 Å². The molecule has 2 aromatic heterocycles. The number of thiazole rings is 1. The Hall–Kier alpha value is -2.93. The van der Waals surface area contributed by atoms with Crippen LogP contribution in [0.15, 0.2) is 41.2 Å². The average Bonchev–Trinajstić information content (AvgIpc) is 3.12. The fourth-order valence-electron chi connectivity index (χ4n) is 2.53. The van der Waals surface area contributed by atoms with Crippen molar-refractivity contribution in [3.05, 3.63) is 68.1 Å². The van der Waals surface area contributed by atoms with Crippen LogP contribution in [0.25, 0.3) is 11.0 Å². The summed E-state index contributed by atoms with van der Waals surface area (Å²) in [6.07, 6.45) is 1.66. The summed E-state index contributed by atoms with van der Waals surface area (Å²) in [6.45, 7) is 0. The number of ketones is 1. The minimum atomic E-state index is -0.581. The molecule has 0 spiro atoms. The van der Waals surface area contributed by atoms with Gasteiger partial charge in [-0.25, -0.2) is 4.79 Å². The molecule has 0 aliphatic heterocycles. The number of carbonyl (C=O) groups is 2. The summed E-state index contributed by atoms with van der Waals surface area (Å²) in [5.41, 5.74) is 0.480. The van der Waals surface area contributed by atoms with Crippen molar-refractivity contribution >= 4 is 34.1 Å². The van der Waals surface area contributed by atoms with E-state index in [-0.39, 0.29) is 22.6 Å². The Morgan fingerprint density at radius 2 is 1.88 bits per heavy atom. The van der Waals surface area contributed by atoms with Gasteiger partial charge in [0.05, 0.1) is 18.4 Å². The van der Waals surface area contributed by atoms with Gasteiger partial charge in [0.1, 0.15) is 9.36 Å². The molecular formula is C18H16N2O4S. The first-order valence-electron chi connectivity index (χ1n) is 7.48. The van der Waals surface area contributed by atoms with E-state index in [9.17, 15) is 14.4 Å². The molecule has 7 heteroatoms. The first-order chi connectivity index (χ1) is 11.9. The van der Waals surface area contributed by atoms with Crippen molar-refractivity contribution in [3.63, 3.8) is 0 Å². The molecule has 128 valence electrons. The highest BCUT2D eigenvalue weighted by molar-refractivity contribution is 7.15. The van der Waals surface area contributed by atoms with Crippen LogP contribution in [0.3, 0.4) is 0 Å². The molecule has 0 aliphatic rings. The predicted octanol–water partition coefficient (Wildman–Crippen LogP) is 1.40. The third-order valence-electron chi connectivity index (χ3n) is 3.63. The van der Waals surface area contributed by atoms with E-state index in [0.717, 1.165) is 11.3 Å². The Labute approximate surface area is 147 Å². The molecule has 25 heavy (non-hydrogen) atoms. The molecule has 0 fully saturated rings. The third kappa shape index (κ3) is 2.94. The van der Waals surface area contributed by atoms with Gasteiger partial charge < -0.3 is 9.64 Å². The van der Waals surface area contributed by atoms with Gasteiger partial charge in [-0.3, -0.25) is 14.0 Å². The third-order valence-corrected chi connectivity index (χ3v) is 4.72. The number of hydrogen-bond donors (Lipinski definition) is 0. The molecule has 3 aromatic rings. The minimum Gasteiger partial charge on any atom is -0.465 e. The van der Waals surface area contributed by atoms with Crippen molar-refractivity contribution in [2.24, 2.45) is 0 Å². The number of hydrogen-bond acceptors (Lipinski definition) is 6. The van der Waals surface area contributed by atoms with E-state index in [0.29, 0.717) is 14.9 Å². The number of fused-ring (bicyclic) bond motifs is 1. The lowest BCUT2D eigenvalue weighted by Gasteiger charge is -2.00.